The first-order valence-corrected chi connectivity index (χ1v) is 9.84. The quantitative estimate of drug-likeness (QED) is 0.534. The van der Waals surface area contributed by atoms with Crippen molar-refractivity contribution in [1.29, 1.82) is 0 Å². The van der Waals surface area contributed by atoms with Crippen LogP contribution in [0.15, 0.2) is 48.5 Å². The summed E-state index contributed by atoms with van der Waals surface area (Å²) >= 11 is 0. The van der Waals surface area contributed by atoms with Crippen molar-refractivity contribution in [3.8, 4) is 5.75 Å². The number of rotatable bonds is 4. The third kappa shape index (κ3) is 3.54. The summed E-state index contributed by atoms with van der Waals surface area (Å²) in [7, 11) is 1.58. The standard InChI is InChI=1S/C23H23N3O4/c1-15-20(18-5-3-4-6-19(18)24-15)21(27)23(29)26-13-11-25(12-14-26)22(28)16-7-9-17(30-2)10-8-16/h3-10,24H,11-14H2,1-2H3. The van der Waals surface area contributed by atoms with Crippen molar-refractivity contribution in [3.63, 3.8) is 0 Å². The molecule has 0 spiro atoms. The van der Waals surface area contributed by atoms with E-state index in [1.54, 1.807) is 43.2 Å². The van der Waals surface area contributed by atoms with Gasteiger partial charge in [0.05, 0.1) is 12.7 Å². The van der Waals surface area contributed by atoms with Crippen molar-refractivity contribution in [2.24, 2.45) is 0 Å². The first-order valence-electron chi connectivity index (χ1n) is 9.84. The van der Waals surface area contributed by atoms with Gasteiger partial charge in [0.15, 0.2) is 0 Å². The highest BCUT2D eigenvalue weighted by atomic mass is 16.5. The Morgan fingerprint density at radius 2 is 1.53 bits per heavy atom. The maximum absolute atomic E-state index is 12.9. The van der Waals surface area contributed by atoms with Crippen LogP contribution in [0.4, 0.5) is 0 Å². The van der Waals surface area contributed by atoms with Crippen molar-refractivity contribution in [1.82, 2.24) is 14.8 Å². The molecule has 3 aromatic rings. The van der Waals surface area contributed by atoms with E-state index in [0.717, 1.165) is 10.9 Å². The van der Waals surface area contributed by atoms with Gasteiger partial charge < -0.3 is 19.5 Å². The van der Waals surface area contributed by atoms with Crippen LogP contribution in [0.3, 0.4) is 0 Å². The van der Waals surface area contributed by atoms with Crippen LogP contribution in [0.5, 0.6) is 5.75 Å². The number of carbonyl (C=O) groups excluding carboxylic acids is 3. The Kier molecular flexibility index (Phi) is 5.27. The number of para-hydroxylation sites is 1. The monoisotopic (exact) mass is 405 g/mol. The molecule has 0 saturated carbocycles. The molecule has 2 aromatic carbocycles. The number of ketones is 1. The van der Waals surface area contributed by atoms with Gasteiger partial charge in [-0.15, -0.1) is 0 Å². The van der Waals surface area contributed by atoms with Crippen LogP contribution in [-0.4, -0.2) is 65.7 Å². The second-order valence-corrected chi connectivity index (χ2v) is 7.31. The fraction of sp³-hybridized carbons (Fsp3) is 0.261. The summed E-state index contributed by atoms with van der Waals surface area (Å²) in [6, 6.07) is 14.4. The van der Waals surface area contributed by atoms with Crippen molar-refractivity contribution >= 4 is 28.5 Å². The minimum Gasteiger partial charge on any atom is -0.497 e. The molecular formula is C23H23N3O4. The summed E-state index contributed by atoms with van der Waals surface area (Å²) in [5.41, 5.74) is 2.51. The number of Topliss-reactive ketones (excluding diaryl/α,β-unsaturated/α-hetero) is 1. The number of aromatic nitrogens is 1. The number of carbonyl (C=O) groups is 3. The van der Waals surface area contributed by atoms with Gasteiger partial charge in [0.1, 0.15) is 5.75 Å². The summed E-state index contributed by atoms with van der Waals surface area (Å²) in [6.07, 6.45) is 0. The average Bonchev–Trinajstić information content (AvgIpc) is 3.13. The largest absolute Gasteiger partial charge is 0.497 e. The minimum absolute atomic E-state index is 0.0939. The molecule has 4 rings (SSSR count). The average molecular weight is 405 g/mol. The number of benzene rings is 2. The fourth-order valence-electron chi connectivity index (χ4n) is 3.85. The van der Waals surface area contributed by atoms with Gasteiger partial charge in [0.25, 0.3) is 17.6 Å². The second kappa shape index (κ2) is 8.02. The number of nitrogens with one attached hydrogen (secondary N) is 1. The summed E-state index contributed by atoms with van der Waals surface area (Å²) in [4.78, 5) is 44.9. The zero-order chi connectivity index (χ0) is 21.3. The number of piperazine rings is 1. The SMILES string of the molecule is COc1ccc(C(=O)N2CCN(C(=O)C(=O)c3c(C)[nH]c4ccccc34)CC2)cc1. The maximum Gasteiger partial charge on any atom is 0.295 e. The number of ether oxygens (including phenoxy) is 1. The molecule has 7 heteroatoms. The number of aryl methyl sites for hydroxylation is 1. The van der Waals surface area contributed by atoms with Crippen molar-refractivity contribution in [2.45, 2.75) is 6.92 Å². The van der Waals surface area contributed by atoms with E-state index in [-0.39, 0.29) is 5.91 Å². The lowest BCUT2D eigenvalue weighted by Crippen LogP contribution is -2.52. The second-order valence-electron chi connectivity index (χ2n) is 7.31. The molecule has 2 amide bonds. The Balaban J connectivity index is 1.43. The smallest absolute Gasteiger partial charge is 0.295 e. The molecule has 1 saturated heterocycles. The Hall–Kier alpha value is -3.61. The molecule has 0 atom stereocenters. The van der Waals surface area contributed by atoms with Gasteiger partial charge in [-0.05, 0) is 37.3 Å². The van der Waals surface area contributed by atoms with Gasteiger partial charge in [-0.1, -0.05) is 18.2 Å². The first kappa shape index (κ1) is 19.7. The van der Waals surface area contributed by atoms with Crippen LogP contribution in [0.2, 0.25) is 0 Å². The van der Waals surface area contributed by atoms with Crippen LogP contribution in [0.1, 0.15) is 26.4 Å². The van der Waals surface area contributed by atoms with E-state index in [1.807, 2.05) is 24.3 Å². The molecule has 1 aromatic heterocycles. The van der Waals surface area contributed by atoms with Crippen LogP contribution in [-0.2, 0) is 4.79 Å². The highest BCUT2D eigenvalue weighted by Gasteiger charge is 2.31. The highest BCUT2D eigenvalue weighted by Crippen LogP contribution is 2.23. The van der Waals surface area contributed by atoms with E-state index in [2.05, 4.69) is 4.98 Å². The lowest BCUT2D eigenvalue weighted by atomic mass is 10.1. The van der Waals surface area contributed by atoms with Crippen molar-refractivity contribution in [2.75, 3.05) is 33.3 Å². The molecule has 0 radical (unpaired) electrons. The molecule has 30 heavy (non-hydrogen) atoms. The van der Waals surface area contributed by atoms with Gasteiger partial charge in [0, 0.05) is 48.3 Å². The van der Waals surface area contributed by atoms with E-state index >= 15 is 0 Å². The summed E-state index contributed by atoms with van der Waals surface area (Å²) in [6.45, 7) is 3.22. The number of hydrogen-bond acceptors (Lipinski definition) is 4. The van der Waals surface area contributed by atoms with Gasteiger partial charge in [-0.25, -0.2) is 0 Å². The molecule has 1 N–H and O–H groups in total. The van der Waals surface area contributed by atoms with E-state index in [9.17, 15) is 14.4 Å². The summed E-state index contributed by atoms with van der Waals surface area (Å²) < 4.78 is 5.12. The summed E-state index contributed by atoms with van der Waals surface area (Å²) in [5.74, 6) is -0.448. The molecule has 2 heterocycles. The lowest BCUT2D eigenvalue weighted by molar-refractivity contribution is -0.127. The molecule has 0 aliphatic carbocycles. The predicted molar refractivity (Wildman–Crippen MR) is 113 cm³/mol. The topological polar surface area (TPSA) is 82.7 Å². The van der Waals surface area contributed by atoms with E-state index in [4.69, 9.17) is 4.74 Å². The molecule has 7 nitrogen and oxygen atoms in total. The normalized spacial score (nSPS) is 14.1. The number of hydrogen-bond donors (Lipinski definition) is 1. The third-order valence-corrected chi connectivity index (χ3v) is 5.51. The van der Waals surface area contributed by atoms with Crippen molar-refractivity contribution in [3.05, 3.63) is 65.4 Å². The zero-order valence-corrected chi connectivity index (χ0v) is 17.0. The number of aromatic amines is 1. The molecule has 1 aliphatic heterocycles. The fourth-order valence-corrected chi connectivity index (χ4v) is 3.85. The molecule has 1 aliphatic rings. The number of amides is 2. The number of methoxy groups -OCH3 is 1. The molecule has 154 valence electrons. The maximum atomic E-state index is 12.9. The van der Waals surface area contributed by atoms with E-state index < -0.39 is 11.7 Å². The van der Waals surface area contributed by atoms with E-state index in [0.29, 0.717) is 48.7 Å². The lowest BCUT2D eigenvalue weighted by Gasteiger charge is -2.34. The number of fused-ring (bicyclic) bond motifs is 1. The molecule has 0 bridgehead atoms. The van der Waals surface area contributed by atoms with Gasteiger partial charge in [-0.2, -0.15) is 0 Å². The third-order valence-electron chi connectivity index (χ3n) is 5.51. The van der Waals surface area contributed by atoms with Gasteiger partial charge >= 0.3 is 0 Å². The zero-order valence-electron chi connectivity index (χ0n) is 17.0. The Morgan fingerprint density at radius 1 is 0.900 bits per heavy atom. The van der Waals surface area contributed by atoms with Crippen LogP contribution in [0, 0.1) is 6.92 Å². The van der Waals surface area contributed by atoms with E-state index in [1.165, 1.54) is 4.90 Å². The minimum atomic E-state index is -0.528. The molecular weight excluding hydrogens is 382 g/mol. The van der Waals surface area contributed by atoms with Crippen LogP contribution < -0.4 is 4.74 Å². The number of nitrogens with zero attached hydrogens (tertiary/aromatic N) is 2. The number of H-pyrrole nitrogens is 1. The van der Waals surface area contributed by atoms with Crippen LogP contribution in [0.25, 0.3) is 10.9 Å². The Bertz CT molecular complexity index is 1110. The van der Waals surface area contributed by atoms with Crippen molar-refractivity contribution < 1.29 is 19.1 Å². The van der Waals surface area contributed by atoms with Crippen LogP contribution >= 0.6 is 0 Å². The Morgan fingerprint density at radius 3 is 2.20 bits per heavy atom. The Labute approximate surface area is 174 Å². The summed E-state index contributed by atoms with van der Waals surface area (Å²) in [5, 5.41) is 0.752. The molecule has 1 fully saturated rings. The molecule has 0 unspecified atom stereocenters. The first-order chi connectivity index (χ1) is 14.5. The predicted octanol–water partition coefficient (Wildman–Crippen LogP) is 2.65. The highest BCUT2D eigenvalue weighted by molar-refractivity contribution is 6.45. The van der Waals surface area contributed by atoms with Gasteiger partial charge in [0.2, 0.25) is 0 Å². The van der Waals surface area contributed by atoms with Gasteiger partial charge in [-0.3, -0.25) is 14.4 Å².